The van der Waals surface area contributed by atoms with Crippen LogP contribution in [0.25, 0.3) is 11.1 Å². The van der Waals surface area contributed by atoms with E-state index in [1.54, 1.807) is 7.11 Å². The Morgan fingerprint density at radius 2 is 1.84 bits per heavy atom. The summed E-state index contributed by atoms with van der Waals surface area (Å²) in [7, 11) is 1.67. The van der Waals surface area contributed by atoms with E-state index in [1.807, 2.05) is 18.2 Å². The third-order valence-corrected chi connectivity index (χ3v) is 3.24. The quantitative estimate of drug-likeness (QED) is 0.886. The van der Waals surface area contributed by atoms with E-state index in [0.29, 0.717) is 5.02 Å². The molecular weight excluding hydrogens is 258 g/mol. The topological polar surface area (TPSA) is 21.3 Å². The maximum Gasteiger partial charge on any atom is 0.126 e. The van der Waals surface area contributed by atoms with Crippen molar-refractivity contribution >= 4 is 11.6 Å². The van der Waals surface area contributed by atoms with Crippen molar-refractivity contribution in [1.82, 2.24) is 5.32 Å². The minimum Gasteiger partial charge on any atom is -0.496 e. The Hall–Kier alpha value is -1.51. The number of nitrogens with one attached hydrogen (secondary N) is 1. The second kappa shape index (κ2) is 6.60. The fraction of sp³-hybridized carbons (Fsp3) is 0.250. The Bertz CT molecular complexity index is 537. The van der Waals surface area contributed by atoms with Crippen LogP contribution in [-0.2, 0) is 6.54 Å². The van der Waals surface area contributed by atoms with E-state index < -0.39 is 0 Å². The highest BCUT2D eigenvalue weighted by Crippen LogP contribution is 2.32. The molecule has 100 valence electrons. The van der Waals surface area contributed by atoms with Crippen LogP contribution in [0.3, 0.4) is 0 Å². The van der Waals surface area contributed by atoms with Crippen LogP contribution < -0.4 is 10.1 Å². The van der Waals surface area contributed by atoms with Crippen molar-refractivity contribution in [2.75, 3.05) is 13.7 Å². The van der Waals surface area contributed by atoms with Crippen LogP contribution in [0, 0.1) is 0 Å². The molecule has 0 aliphatic carbocycles. The lowest BCUT2D eigenvalue weighted by Gasteiger charge is -2.10. The predicted octanol–water partition coefficient (Wildman–Crippen LogP) is 4.13. The lowest BCUT2D eigenvalue weighted by molar-refractivity contribution is 0.416. The van der Waals surface area contributed by atoms with E-state index in [1.165, 1.54) is 5.56 Å². The average molecular weight is 276 g/mol. The highest BCUT2D eigenvalue weighted by atomic mass is 35.5. The van der Waals surface area contributed by atoms with Crippen LogP contribution in [0.4, 0.5) is 0 Å². The fourth-order valence-electron chi connectivity index (χ4n) is 1.98. The van der Waals surface area contributed by atoms with Crippen LogP contribution in [0.5, 0.6) is 5.75 Å². The van der Waals surface area contributed by atoms with E-state index in [2.05, 4.69) is 36.5 Å². The first-order valence-corrected chi connectivity index (χ1v) is 6.76. The van der Waals surface area contributed by atoms with E-state index >= 15 is 0 Å². The summed E-state index contributed by atoms with van der Waals surface area (Å²) in [4.78, 5) is 0. The van der Waals surface area contributed by atoms with Crippen molar-refractivity contribution in [3.05, 3.63) is 53.1 Å². The summed E-state index contributed by atoms with van der Waals surface area (Å²) in [6, 6.07) is 14.1. The van der Waals surface area contributed by atoms with Crippen LogP contribution in [0.2, 0.25) is 5.02 Å². The van der Waals surface area contributed by atoms with Crippen LogP contribution >= 0.6 is 11.6 Å². The Kier molecular flexibility index (Phi) is 4.83. The van der Waals surface area contributed by atoms with Gasteiger partial charge in [-0.1, -0.05) is 42.8 Å². The Morgan fingerprint density at radius 1 is 1.11 bits per heavy atom. The van der Waals surface area contributed by atoms with Gasteiger partial charge in [-0.3, -0.25) is 0 Å². The Balaban J connectivity index is 2.29. The number of hydrogen-bond donors (Lipinski definition) is 1. The Labute approximate surface area is 119 Å². The standard InChI is InChI=1S/C16H18ClNO/c1-3-18-11-12-4-6-13(7-5-12)15-10-14(17)8-9-16(15)19-2/h4-10,18H,3,11H2,1-2H3. The summed E-state index contributed by atoms with van der Waals surface area (Å²) in [5.41, 5.74) is 3.40. The molecule has 0 amide bonds. The number of rotatable bonds is 5. The van der Waals surface area contributed by atoms with Gasteiger partial charge in [-0.2, -0.15) is 0 Å². The molecule has 2 aromatic carbocycles. The van der Waals surface area contributed by atoms with Crippen molar-refractivity contribution < 1.29 is 4.74 Å². The van der Waals surface area contributed by atoms with Crippen molar-refractivity contribution in [2.24, 2.45) is 0 Å². The van der Waals surface area contributed by atoms with Gasteiger partial charge in [0, 0.05) is 17.1 Å². The van der Waals surface area contributed by atoms with Gasteiger partial charge in [0.05, 0.1) is 7.11 Å². The van der Waals surface area contributed by atoms with E-state index in [9.17, 15) is 0 Å². The smallest absolute Gasteiger partial charge is 0.126 e. The number of halogens is 1. The van der Waals surface area contributed by atoms with Gasteiger partial charge in [0.2, 0.25) is 0 Å². The summed E-state index contributed by atoms with van der Waals surface area (Å²) < 4.78 is 5.38. The minimum absolute atomic E-state index is 0.715. The monoisotopic (exact) mass is 275 g/mol. The molecule has 0 bridgehead atoms. The van der Waals surface area contributed by atoms with Gasteiger partial charge in [0.25, 0.3) is 0 Å². The highest BCUT2D eigenvalue weighted by molar-refractivity contribution is 6.31. The number of methoxy groups -OCH3 is 1. The third kappa shape index (κ3) is 3.49. The zero-order valence-corrected chi connectivity index (χ0v) is 12.0. The first kappa shape index (κ1) is 13.9. The maximum atomic E-state index is 6.06. The van der Waals surface area contributed by atoms with Crippen molar-refractivity contribution in [3.8, 4) is 16.9 Å². The normalized spacial score (nSPS) is 10.5. The van der Waals surface area contributed by atoms with E-state index in [4.69, 9.17) is 16.3 Å². The first-order valence-electron chi connectivity index (χ1n) is 6.38. The molecular formula is C16H18ClNO. The van der Waals surface area contributed by atoms with Gasteiger partial charge in [-0.15, -0.1) is 0 Å². The molecule has 0 aromatic heterocycles. The molecule has 0 atom stereocenters. The largest absolute Gasteiger partial charge is 0.496 e. The predicted molar refractivity (Wildman–Crippen MR) is 80.8 cm³/mol. The summed E-state index contributed by atoms with van der Waals surface area (Å²) in [5.74, 6) is 0.837. The van der Waals surface area contributed by atoms with Gasteiger partial charge in [-0.05, 0) is 35.9 Å². The fourth-order valence-corrected chi connectivity index (χ4v) is 2.15. The molecule has 0 saturated carbocycles. The molecule has 1 N–H and O–H groups in total. The molecule has 0 unspecified atom stereocenters. The van der Waals surface area contributed by atoms with Gasteiger partial charge < -0.3 is 10.1 Å². The molecule has 0 spiro atoms. The SMILES string of the molecule is CCNCc1ccc(-c2cc(Cl)ccc2OC)cc1. The van der Waals surface area contributed by atoms with Crippen LogP contribution in [0.1, 0.15) is 12.5 Å². The molecule has 0 radical (unpaired) electrons. The van der Waals surface area contributed by atoms with Gasteiger partial charge >= 0.3 is 0 Å². The zero-order chi connectivity index (χ0) is 13.7. The third-order valence-electron chi connectivity index (χ3n) is 3.01. The Morgan fingerprint density at radius 3 is 2.47 bits per heavy atom. The van der Waals surface area contributed by atoms with Gasteiger partial charge in [-0.25, -0.2) is 0 Å². The molecule has 19 heavy (non-hydrogen) atoms. The molecule has 2 nitrogen and oxygen atoms in total. The molecule has 2 rings (SSSR count). The molecule has 0 saturated heterocycles. The zero-order valence-electron chi connectivity index (χ0n) is 11.2. The molecule has 3 heteroatoms. The van der Waals surface area contributed by atoms with Crippen molar-refractivity contribution in [2.45, 2.75) is 13.5 Å². The van der Waals surface area contributed by atoms with E-state index in [-0.39, 0.29) is 0 Å². The number of ether oxygens (including phenoxy) is 1. The number of benzene rings is 2. The average Bonchev–Trinajstić information content (AvgIpc) is 2.45. The molecule has 0 aliphatic heterocycles. The van der Waals surface area contributed by atoms with Crippen molar-refractivity contribution in [1.29, 1.82) is 0 Å². The summed E-state index contributed by atoms with van der Waals surface area (Å²) >= 11 is 6.06. The number of hydrogen-bond acceptors (Lipinski definition) is 2. The van der Waals surface area contributed by atoms with E-state index in [0.717, 1.165) is 30.0 Å². The summed E-state index contributed by atoms with van der Waals surface area (Å²) in [5, 5.41) is 4.02. The van der Waals surface area contributed by atoms with Gasteiger partial charge in [0.1, 0.15) is 5.75 Å². The lowest BCUT2D eigenvalue weighted by atomic mass is 10.0. The maximum absolute atomic E-state index is 6.06. The van der Waals surface area contributed by atoms with Crippen LogP contribution in [0.15, 0.2) is 42.5 Å². The first-order chi connectivity index (χ1) is 9.24. The molecule has 0 fully saturated rings. The molecule has 0 aliphatic rings. The highest BCUT2D eigenvalue weighted by Gasteiger charge is 2.06. The summed E-state index contributed by atoms with van der Waals surface area (Å²) in [6.07, 6.45) is 0. The second-order valence-electron chi connectivity index (χ2n) is 4.32. The minimum atomic E-state index is 0.715. The second-order valence-corrected chi connectivity index (χ2v) is 4.76. The summed E-state index contributed by atoms with van der Waals surface area (Å²) in [6.45, 7) is 3.97. The lowest BCUT2D eigenvalue weighted by Crippen LogP contribution is -2.11. The van der Waals surface area contributed by atoms with Crippen LogP contribution in [-0.4, -0.2) is 13.7 Å². The van der Waals surface area contributed by atoms with Gasteiger partial charge in [0.15, 0.2) is 0 Å². The van der Waals surface area contributed by atoms with Crippen molar-refractivity contribution in [3.63, 3.8) is 0 Å². The molecule has 0 heterocycles. The molecule has 2 aromatic rings.